The lowest BCUT2D eigenvalue weighted by Gasteiger charge is -2.25. The van der Waals surface area contributed by atoms with E-state index in [0.717, 1.165) is 25.3 Å². The molecule has 0 bridgehead atoms. The molecule has 1 amide bonds. The molecule has 1 unspecified atom stereocenters. The van der Waals surface area contributed by atoms with Crippen LogP contribution in [0, 0.1) is 0 Å². The second-order valence-corrected chi connectivity index (χ2v) is 5.67. The number of rotatable bonds is 5. The minimum Gasteiger partial charge on any atom is -0.340 e. The van der Waals surface area contributed by atoms with Crippen LogP contribution in [0.3, 0.4) is 0 Å². The van der Waals surface area contributed by atoms with Crippen molar-refractivity contribution in [2.45, 2.75) is 44.7 Å². The van der Waals surface area contributed by atoms with Gasteiger partial charge < -0.3 is 14.8 Å². The van der Waals surface area contributed by atoms with Crippen LogP contribution in [0.1, 0.15) is 49.1 Å². The predicted octanol–water partition coefficient (Wildman–Crippen LogP) is 2.04. The van der Waals surface area contributed by atoms with Crippen LogP contribution in [-0.2, 0) is 0 Å². The third kappa shape index (κ3) is 2.68. The standard InChI is InChI=1S/C15H23N3O/c1-2-17(11-12-5-3-9-16-12)15(19)14-6-4-10-18(14)13-7-8-13/h4,6,10,12-13,16H,2-3,5,7-9,11H2,1H3. The molecular weight excluding hydrogens is 238 g/mol. The summed E-state index contributed by atoms with van der Waals surface area (Å²) < 4.78 is 2.16. The van der Waals surface area contributed by atoms with Gasteiger partial charge in [0.05, 0.1) is 0 Å². The SMILES string of the molecule is CCN(CC1CCCN1)C(=O)c1cccn1C1CC1. The zero-order valence-corrected chi connectivity index (χ0v) is 11.6. The zero-order valence-electron chi connectivity index (χ0n) is 11.6. The van der Waals surface area contributed by atoms with Crippen molar-refractivity contribution in [2.24, 2.45) is 0 Å². The number of hydrogen-bond donors (Lipinski definition) is 1. The molecule has 4 heteroatoms. The average molecular weight is 261 g/mol. The van der Waals surface area contributed by atoms with E-state index in [1.807, 2.05) is 23.2 Å². The quantitative estimate of drug-likeness (QED) is 0.880. The summed E-state index contributed by atoms with van der Waals surface area (Å²) in [5.41, 5.74) is 0.863. The number of carbonyl (C=O) groups excluding carboxylic acids is 1. The number of amides is 1. The summed E-state index contributed by atoms with van der Waals surface area (Å²) in [6.45, 7) is 4.78. The highest BCUT2D eigenvalue weighted by molar-refractivity contribution is 5.92. The van der Waals surface area contributed by atoms with Crippen molar-refractivity contribution in [1.82, 2.24) is 14.8 Å². The lowest BCUT2D eigenvalue weighted by molar-refractivity contribution is 0.0740. The van der Waals surface area contributed by atoms with Gasteiger partial charge in [0.1, 0.15) is 5.69 Å². The molecular formula is C15H23N3O. The molecule has 104 valence electrons. The molecule has 1 aromatic heterocycles. The smallest absolute Gasteiger partial charge is 0.270 e. The highest BCUT2D eigenvalue weighted by atomic mass is 16.2. The van der Waals surface area contributed by atoms with Crippen LogP contribution >= 0.6 is 0 Å². The van der Waals surface area contributed by atoms with Gasteiger partial charge in [-0.05, 0) is 51.3 Å². The van der Waals surface area contributed by atoms with E-state index in [0.29, 0.717) is 12.1 Å². The maximum atomic E-state index is 12.7. The zero-order chi connectivity index (χ0) is 13.2. The van der Waals surface area contributed by atoms with Crippen molar-refractivity contribution in [3.05, 3.63) is 24.0 Å². The van der Waals surface area contributed by atoms with Crippen LogP contribution in [0.25, 0.3) is 0 Å². The molecule has 3 rings (SSSR count). The Balaban J connectivity index is 1.70. The van der Waals surface area contributed by atoms with Crippen LogP contribution in [0.15, 0.2) is 18.3 Å². The second kappa shape index (κ2) is 5.37. The minimum absolute atomic E-state index is 0.188. The molecule has 1 aromatic rings. The van der Waals surface area contributed by atoms with Crippen LogP contribution in [0.5, 0.6) is 0 Å². The largest absolute Gasteiger partial charge is 0.340 e. The summed E-state index contributed by atoms with van der Waals surface area (Å²) >= 11 is 0. The first kappa shape index (κ1) is 12.7. The summed E-state index contributed by atoms with van der Waals surface area (Å²) in [5, 5.41) is 3.47. The van der Waals surface area contributed by atoms with Gasteiger partial charge in [0.15, 0.2) is 0 Å². The lowest BCUT2D eigenvalue weighted by Crippen LogP contribution is -2.41. The molecule has 0 radical (unpaired) electrons. The highest BCUT2D eigenvalue weighted by Crippen LogP contribution is 2.36. The molecule has 1 atom stereocenters. The maximum absolute atomic E-state index is 12.7. The van der Waals surface area contributed by atoms with Gasteiger partial charge in [-0.2, -0.15) is 0 Å². The molecule has 0 aromatic carbocycles. The molecule has 0 spiro atoms. The maximum Gasteiger partial charge on any atom is 0.270 e. The Labute approximate surface area is 114 Å². The molecule has 1 aliphatic heterocycles. The van der Waals surface area contributed by atoms with Gasteiger partial charge in [0.2, 0.25) is 0 Å². The summed E-state index contributed by atoms with van der Waals surface area (Å²) in [6, 6.07) is 5.00. The Morgan fingerprint density at radius 1 is 1.47 bits per heavy atom. The van der Waals surface area contributed by atoms with E-state index in [1.165, 1.54) is 25.7 Å². The van der Waals surface area contributed by atoms with Gasteiger partial charge in [0.25, 0.3) is 5.91 Å². The van der Waals surface area contributed by atoms with E-state index in [-0.39, 0.29) is 5.91 Å². The highest BCUT2D eigenvalue weighted by Gasteiger charge is 2.29. The summed E-state index contributed by atoms with van der Waals surface area (Å²) in [7, 11) is 0. The predicted molar refractivity (Wildman–Crippen MR) is 75.3 cm³/mol. The molecule has 2 heterocycles. The van der Waals surface area contributed by atoms with Crippen molar-refractivity contribution in [1.29, 1.82) is 0 Å². The fourth-order valence-corrected chi connectivity index (χ4v) is 2.94. The van der Waals surface area contributed by atoms with Gasteiger partial charge in [0, 0.05) is 31.4 Å². The van der Waals surface area contributed by atoms with E-state index in [2.05, 4.69) is 16.8 Å². The number of nitrogens with zero attached hydrogens (tertiary/aromatic N) is 2. The molecule has 1 saturated heterocycles. The minimum atomic E-state index is 0.188. The number of carbonyl (C=O) groups is 1. The normalized spacial score (nSPS) is 22.7. The van der Waals surface area contributed by atoms with Crippen molar-refractivity contribution in [2.75, 3.05) is 19.6 Å². The Hall–Kier alpha value is -1.29. The summed E-state index contributed by atoms with van der Waals surface area (Å²) in [6.07, 6.45) is 6.89. The number of hydrogen-bond acceptors (Lipinski definition) is 2. The van der Waals surface area contributed by atoms with Gasteiger partial charge in [-0.3, -0.25) is 4.79 Å². The Morgan fingerprint density at radius 2 is 2.32 bits per heavy atom. The number of likely N-dealkylation sites (N-methyl/N-ethyl adjacent to an activating group) is 1. The van der Waals surface area contributed by atoms with Crippen LogP contribution in [-0.4, -0.2) is 41.1 Å². The molecule has 2 fully saturated rings. The van der Waals surface area contributed by atoms with Crippen LogP contribution < -0.4 is 5.32 Å². The molecule has 19 heavy (non-hydrogen) atoms. The van der Waals surface area contributed by atoms with E-state index < -0.39 is 0 Å². The van der Waals surface area contributed by atoms with E-state index >= 15 is 0 Å². The lowest BCUT2D eigenvalue weighted by atomic mass is 10.2. The van der Waals surface area contributed by atoms with Crippen molar-refractivity contribution in [3.8, 4) is 0 Å². The summed E-state index contributed by atoms with van der Waals surface area (Å²) in [5.74, 6) is 0.188. The molecule has 1 aliphatic carbocycles. The van der Waals surface area contributed by atoms with Gasteiger partial charge in [-0.25, -0.2) is 0 Å². The Morgan fingerprint density at radius 3 is 2.95 bits per heavy atom. The summed E-state index contributed by atoms with van der Waals surface area (Å²) in [4.78, 5) is 14.6. The monoisotopic (exact) mass is 261 g/mol. The molecule has 1 saturated carbocycles. The fraction of sp³-hybridized carbons (Fsp3) is 0.667. The molecule has 1 N–H and O–H groups in total. The first-order chi connectivity index (χ1) is 9.29. The van der Waals surface area contributed by atoms with Crippen LogP contribution in [0.4, 0.5) is 0 Å². The first-order valence-corrected chi connectivity index (χ1v) is 7.49. The van der Waals surface area contributed by atoms with Crippen molar-refractivity contribution in [3.63, 3.8) is 0 Å². The third-order valence-electron chi connectivity index (χ3n) is 4.21. The van der Waals surface area contributed by atoms with E-state index in [1.54, 1.807) is 0 Å². The van der Waals surface area contributed by atoms with E-state index in [9.17, 15) is 4.79 Å². The molecule has 4 nitrogen and oxygen atoms in total. The average Bonchev–Trinajstić information content (AvgIpc) is 2.95. The fourth-order valence-electron chi connectivity index (χ4n) is 2.94. The molecule has 2 aliphatic rings. The first-order valence-electron chi connectivity index (χ1n) is 7.49. The van der Waals surface area contributed by atoms with Crippen LogP contribution in [0.2, 0.25) is 0 Å². The van der Waals surface area contributed by atoms with Gasteiger partial charge in [-0.15, -0.1) is 0 Å². The van der Waals surface area contributed by atoms with Crippen molar-refractivity contribution < 1.29 is 4.79 Å². The number of nitrogens with one attached hydrogen (secondary N) is 1. The topological polar surface area (TPSA) is 37.3 Å². The van der Waals surface area contributed by atoms with Crippen molar-refractivity contribution >= 4 is 5.91 Å². The second-order valence-electron chi connectivity index (χ2n) is 5.67. The third-order valence-corrected chi connectivity index (χ3v) is 4.21. The van der Waals surface area contributed by atoms with E-state index in [4.69, 9.17) is 0 Å². The number of aromatic nitrogens is 1. The Bertz CT molecular complexity index is 444. The van der Waals surface area contributed by atoms with Gasteiger partial charge >= 0.3 is 0 Å². The van der Waals surface area contributed by atoms with Gasteiger partial charge in [-0.1, -0.05) is 0 Å². The Kier molecular flexibility index (Phi) is 3.60.